The summed E-state index contributed by atoms with van der Waals surface area (Å²) < 4.78 is 6.56. The summed E-state index contributed by atoms with van der Waals surface area (Å²) in [4.78, 5) is 15.7. The number of aromatic nitrogens is 1. The lowest BCUT2D eigenvalue weighted by atomic mass is 10.1. The van der Waals surface area contributed by atoms with Crippen LogP contribution in [0.3, 0.4) is 0 Å². The van der Waals surface area contributed by atoms with Gasteiger partial charge in [-0.25, -0.2) is 4.98 Å². The predicted molar refractivity (Wildman–Crippen MR) is 102 cm³/mol. The van der Waals surface area contributed by atoms with Gasteiger partial charge in [-0.3, -0.25) is 4.79 Å². The summed E-state index contributed by atoms with van der Waals surface area (Å²) >= 11 is 1.59. The second-order valence-corrected chi connectivity index (χ2v) is 6.58. The molecule has 1 heterocycles. The first-order valence-electron chi connectivity index (χ1n) is 8.17. The lowest BCUT2D eigenvalue weighted by Gasteiger charge is -2.05. The molecule has 0 aliphatic rings. The van der Waals surface area contributed by atoms with E-state index in [-0.39, 0.29) is 6.42 Å². The van der Waals surface area contributed by atoms with Crippen LogP contribution in [0.2, 0.25) is 0 Å². The molecule has 0 fully saturated rings. The van der Waals surface area contributed by atoms with Crippen molar-refractivity contribution in [3.05, 3.63) is 59.1 Å². The predicted octanol–water partition coefficient (Wildman–Crippen LogP) is 5.10. The smallest absolute Gasteiger partial charge is 0.303 e. The van der Waals surface area contributed by atoms with E-state index < -0.39 is 5.97 Å². The monoisotopic (exact) mass is 353 g/mol. The zero-order chi connectivity index (χ0) is 17.6. The van der Waals surface area contributed by atoms with Crippen LogP contribution >= 0.6 is 11.3 Å². The number of nitrogens with zero attached hydrogens (tertiary/aromatic N) is 1. The molecule has 3 rings (SSSR count). The molecular weight excluding hydrogens is 334 g/mol. The molecule has 1 aromatic heterocycles. The molecule has 25 heavy (non-hydrogen) atoms. The molecule has 0 radical (unpaired) electrons. The quantitative estimate of drug-likeness (QED) is 0.642. The highest BCUT2D eigenvalue weighted by molar-refractivity contribution is 7.19. The minimum Gasteiger partial charge on any atom is -0.494 e. The fraction of sp³-hybridized carbons (Fsp3) is 0.200. The highest BCUT2D eigenvalue weighted by Gasteiger charge is 2.11. The summed E-state index contributed by atoms with van der Waals surface area (Å²) in [7, 11) is 0. The normalized spacial score (nSPS) is 11.6. The third-order valence-electron chi connectivity index (χ3n) is 3.71. The van der Waals surface area contributed by atoms with Gasteiger partial charge in [-0.1, -0.05) is 24.3 Å². The molecule has 0 bridgehead atoms. The molecule has 3 aromatic rings. The third-order valence-corrected chi connectivity index (χ3v) is 4.82. The van der Waals surface area contributed by atoms with Crippen LogP contribution in [0.5, 0.6) is 5.75 Å². The molecule has 128 valence electrons. The maximum absolute atomic E-state index is 11.0. The van der Waals surface area contributed by atoms with E-state index in [1.807, 2.05) is 61.5 Å². The molecule has 0 unspecified atom stereocenters. The summed E-state index contributed by atoms with van der Waals surface area (Å²) in [6.07, 6.45) is 2.54. The Labute approximate surface area is 150 Å². The van der Waals surface area contributed by atoms with Crippen LogP contribution < -0.4 is 4.74 Å². The van der Waals surface area contributed by atoms with E-state index >= 15 is 0 Å². The number of benzene rings is 2. The highest BCUT2D eigenvalue weighted by Crippen LogP contribution is 2.31. The first-order valence-corrected chi connectivity index (χ1v) is 8.98. The van der Waals surface area contributed by atoms with Crippen molar-refractivity contribution >= 4 is 39.2 Å². The molecule has 0 saturated carbocycles. The van der Waals surface area contributed by atoms with Gasteiger partial charge in [-0.15, -0.1) is 11.3 Å². The van der Waals surface area contributed by atoms with Crippen molar-refractivity contribution in [2.45, 2.75) is 19.8 Å². The van der Waals surface area contributed by atoms with Crippen LogP contribution in [0.15, 0.2) is 48.5 Å². The minimum atomic E-state index is -0.807. The Kier molecular flexibility index (Phi) is 5.46. The molecule has 0 atom stereocenters. The lowest BCUT2D eigenvalue weighted by Crippen LogP contribution is -1.95. The van der Waals surface area contributed by atoms with Gasteiger partial charge in [-0.05, 0) is 54.8 Å². The summed E-state index contributed by atoms with van der Waals surface area (Å²) in [5, 5.41) is 9.92. The van der Waals surface area contributed by atoms with Crippen molar-refractivity contribution in [1.29, 1.82) is 0 Å². The van der Waals surface area contributed by atoms with Crippen LogP contribution in [0, 0.1) is 0 Å². The number of aliphatic carboxylic acids is 1. The fourth-order valence-corrected chi connectivity index (χ4v) is 3.53. The minimum absolute atomic E-state index is 0.0821. The Morgan fingerprint density at radius 3 is 2.60 bits per heavy atom. The molecule has 0 spiro atoms. The molecule has 5 heteroatoms. The Hall–Kier alpha value is -2.66. The van der Waals surface area contributed by atoms with Gasteiger partial charge in [0.1, 0.15) is 10.8 Å². The molecule has 2 aromatic carbocycles. The van der Waals surface area contributed by atoms with Gasteiger partial charge in [0.2, 0.25) is 0 Å². The molecule has 0 aliphatic heterocycles. The van der Waals surface area contributed by atoms with Crippen LogP contribution in [0.4, 0.5) is 0 Å². The van der Waals surface area contributed by atoms with Crippen molar-refractivity contribution in [3.63, 3.8) is 0 Å². The molecular formula is C20H19NO3S. The number of carboxylic acids is 1. The van der Waals surface area contributed by atoms with E-state index in [1.165, 1.54) is 0 Å². The highest BCUT2D eigenvalue weighted by atomic mass is 32.1. The van der Waals surface area contributed by atoms with Gasteiger partial charge in [0.05, 0.1) is 16.8 Å². The van der Waals surface area contributed by atoms with E-state index in [2.05, 4.69) is 4.98 Å². The Balaban J connectivity index is 1.94. The van der Waals surface area contributed by atoms with Gasteiger partial charge in [0, 0.05) is 6.42 Å². The standard InChI is InChI=1S/C20H19NO3S/c1-2-24-16-10-7-14(8-11-16)13-15(9-12-19(22)23)20-21-17-5-3-4-6-18(17)25-20/h3-8,10-11,13H,2,9,12H2,1H3,(H,22,23)/b15-13+. The maximum atomic E-state index is 11.0. The number of ether oxygens (including phenoxy) is 1. The lowest BCUT2D eigenvalue weighted by molar-refractivity contribution is -0.136. The molecule has 0 aliphatic carbocycles. The summed E-state index contributed by atoms with van der Waals surface area (Å²) in [5.74, 6) is 0.0189. The van der Waals surface area contributed by atoms with Gasteiger partial charge < -0.3 is 9.84 Å². The van der Waals surface area contributed by atoms with Crippen molar-refractivity contribution < 1.29 is 14.6 Å². The van der Waals surface area contributed by atoms with E-state index in [0.717, 1.165) is 32.1 Å². The molecule has 0 amide bonds. The number of carboxylic acid groups (broad SMARTS) is 1. The SMILES string of the molecule is CCOc1ccc(/C=C(\CCC(=O)O)c2nc3ccccc3s2)cc1. The average Bonchev–Trinajstić information content (AvgIpc) is 3.04. The maximum Gasteiger partial charge on any atom is 0.303 e. The second kappa shape index (κ2) is 7.94. The Morgan fingerprint density at radius 1 is 1.16 bits per heavy atom. The number of thiazole rings is 1. The Bertz CT molecular complexity index is 864. The van der Waals surface area contributed by atoms with E-state index in [9.17, 15) is 4.79 Å². The fourth-order valence-electron chi connectivity index (χ4n) is 2.52. The number of hydrogen-bond acceptors (Lipinski definition) is 4. The van der Waals surface area contributed by atoms with Gasteiger partial charge in [-0.2, -0.15) is 0 Å². The van der Waals surface area contributed by atoms with Gasteiger partial charge in [0.15, 0.2) is 0 Å². The van der Waals surface area contributed by atoms with E-state index in [1.54, 1.807) is 11.3 Å². The van der Waals surface area contributed by atoms with Crippen molar-refractivity contribution in [1.82, 2.24) is 4.98 Å². The van der Waals surface area contributed by atoms with Gasteiger partial charge >= 0.3 is 5.97 Å². The largest absolute Gasteiger partial charge is 0.494 e. The first-order chi connectivity index (χ1) is 12.2. The number of allylic oxidation sites excluding steroid dienone is 1. The Morgan fingerprint density at radius 2 is 1.92 bits per heavy atom. The van der Waals surface area contributed by atoms with Gasteiger partial charge in [0.25, 0.3) is 0 Å². The van der Waals surface area contributed by atoms with Crippen molar-refractivity contribution in [3.8, 4) is 5.75 Å². The van der Waals surface area contributed by atoms with Crippen molar-refractivity contribution in [2.75, 3.05) is 6.61 Å². The number of carbonyl (C=O) groups is 1. The molecule has 1 N–H and O–H groups in total. The average molecular weight is 353 g/mol. The molecule has 0 saturated heterocycles. The number of fused-ring (bicyclic) bond motifs is 1. The number of rotatable bonds is 7. The van der Waals surface area contributed by atoms with Crippen molar-refractivity contribution in [2.24, 2.45) is 0 Å². The van der Waals surface area contributed by atoms with E-state index in [4.69, 9.17) is 9.84 Å². The third kappa shape index (κ3) is 4.45. The summed E-state index contributed by atoms with van der Waals surface area (Å²) in [6.45, 7) is 2.58. The second-order valence-electron chi connectivity index (χ2n) is 5.55. The van der Waals surface area contributed by atoms with Crippen LogP contribution in [0.25, 0.3) is 21.9 Å². The summed E-state index contributed by atoms with van der Waals surface area (Å²) in [5.41, 5.74) is 2.88. The van der Waals surface area contributed by atoms with Crippen LogP contribution in [-0.4, -0.2) is 22.7 Å². The number of hydrogen-bond donors (Lipinski definition) is 1. The van der Waals surface area contributed by atoms with Crippen LogP contribution in [-0.2, 0) is 4.79 Å². The first kappa shape index (κ1) is 17.2. The van der Waals surface area contributed by atoms with Crippen LogP contribution in [0.1, 0.15) is 30.3 Å². The number of para-hydroxylation sites is 1. The van der Waals surface area contributed by atoms with E-state index in [0.29, 0.717) is 13.0 Å². The topological polar surface area (TPSA) is 59.4 Å². The summed E-state index contributed by atoms with van der Waals surface area (Å²) in [6, 6.07) is 15.7. The zero-order valence-electron chi connectivity index (χ0n) is 13.9. The zero-order valence-corrected chi connectivity index (χ0v) is 14.8. The molecule has 4 nitrogen and oxygen atoms in total.